The summed E-state index contributed by atoms with van der Waals surface area (Å²) < 4.78 is 25.7. The standard InChI is InChI=1S/C17H22O10/c1-6-7-17(22)16(26-12(5)21)15(25-11(4)20)14(24-10(3)19)13(27-17)8-23-9(2)18/h1,13-16,22H,7-8H2,2-5H3/t13-,14-,15+,16+,17+/m1/s1. The summed E-state index contributed by atoms with van der Waals surface area (Å²) >= 11 is 0. The molecule has 0 spiro atoms. The van der Waals surface area contributed by atoms with Crippen molar-refractivity contribution in [1.82, 2.24) is 0 Å². The van der Waals surface area contributed by atoms with Gasteiger partial charge in [-0.1, -0.05) is 0 Å². The van der Waals surface area contributed by atoms with Crippen LogP contribution in [0.4, 0.5) is 0 Å². The summed E-state index contributed by atoms with van der Waals surface area (Å²) in [5.41, 5.74) is 0. The summed E-state index contributed by atoms with van der Waals surface area (Å²) in [7, 11) is 0. The lowest BCUT2D eigenvalue weighted by Crippen LogP contribution is -2.68. The molecule has 10 nitrogen and oxygen atoms in total. The van der Waals surface area contributed by atoms with Gasteiger partial charge in [-0.2, -0.15) is 0 Å². The zero-order valence-electron chi connectivity index (χ0n) is 15.4. The van der Waals surface area contributed by atoms with E-state index in [2.05, 4.69) is 5.92 Å². The Morgan fingerprint density at radius 1 is 0.963 bits per heavy atom. The molecule has 1 N–H and O–H groups in total. The smallest absolute Gasteiger partial charge is 0.303 e. The van der Waals surface area contributed by atoms with Gasteiger partial charge in [-0.3, -0.25) is 19.2 Å². The van der Waals surface area contributed by atoms with Crippen molar-refractivity contribution in [2.24, 2.45) is 0 Å². The first kappa shape index (κ1) is 22.4. The lowest BCUT2D eigenvalue weighted by molar-refractivity contribution is -0.349. The van der Waals surface area contributed by atoms with Gasteiger partial charge in [0.25, 0.3) is 0 Å². The van der Waals surface area contributed by atoms with E-state index >= 15 is 0 Å². The van der Waals surface area contributed by atoms with Crippen molar-refractivity contribution in [3.63, 3.8) is 0 Å². The van der Waals surface area contributed by atoms with Crippen LogP contribution in [0.5, 0.6) is 0 Å². The largest absolute Gasteiger partial charge is 0.463 e. The van der Waals surface area contributed by atoms with Crippen LogP contribution in [0.25, 0.3) is 0 Å². The maximum Gasteiger partial charge on any atom is 0.303 e. The van der Waals surface area contributed by atoms with Crippen molar-refractivity contribution in [3.05, 3.63) is 0 Å². The molecule has 0 radical (unpaired) electrons. The highest BCUT2D eigenvalue weighted by molar-refractivity contribution is 5.68. The zero-order chi connectivity index (χ0) is 20.8. The van der Waals surface area contributed by atoms with Gasteiger partial charge in [-0.15, -0.1) is 12.3 Å². The lowest BCUT2D eigenvalue weighted by atomic mass is 9.90. The van der Waals surface area contributed by atoms with Gasteiger partial charge in [0.2, 0.25) is 5.79 Å². The number of aliphatic hydroxyl groups is 1. The van der Waals surface area contributed by atoms with Gasteiger partial charge in [0.15, 0.2) is 18.3 Å². The molecular weight excluding hydrogens is 364 g/mol. The van der Waals surface area contributed by atoms with Crippen molar-refractivity contribution in [1.29, 1.82) is 0 Å². The second-order valence-electron chi connectivity index (χ2n) is 5.86. The fourth-order valence-electron chi connectivity index (χ4n) is 2.65. The molecule has 1 saturated heterocycles. The van der Waals surface area contributed by atoms with Crippen LogP contribution in [0.3, 0.4) is 0 Å². The molecule has 10 heteroatoms. The molecule has 0 aromatic heterocycles. The summed E-state index contributed by atoms with van der Waals surface area (Å²) in [5.74, 6) is -3.15. The van der Waals surface area contributed by atoms with Gasteiger partial charge >= 0.3 is 23.9 Å². The third-order valence-corrected chi connectivity index (χ3v) is 3.49. The van der Waals surface area contributed by atoms with E-state index in [1.807, 2.05) is 0 Å². The normalized spacial score (nSPS) is 29.8. The van der Waals surface area contributed by atoms with Crippen LogP contribution < -0.4 is 0 Å². The molecule has 1 rings (SSSR count). The Labute approximate surface area is 156 Å². The number of esters is 4. The van der Waals surface area contributed by atoms with Crippen molar-refractivity contribution < 1.29 is 48.0 Å². The van der Waals surface area contributed by atoms with Gasteiger partial charge in [-0.25, -0.2) is 0 Å². The van der Waals surface area contributed by atoms with Crippen molar-refractivity contribution in [2.45, 2.75) is 64.3 Å². The fraction of sp³-hybridized carbons (Fsp3) is 0.647. The molecule has 5 atom stereocenters. The molecule has 1 aliphatic rings. The van der Waals surface area contributed by atoms with Crippen molar-refractivity contribution in [3.8, 4) is 12.3 Å². The Kier molecular flexibility index (Phi) is 7.75. The molecule has 1 aliphatic heterocycles. The Balaban J connectivity index is 3.39. The molecule has 0 aromatic rings. The van der Waals surface area contributed by atoms with E-state index in [0.29, 0.717) is 0 Å². The third-order valence-electron chi connectivity index (χ3n) is 3.49. The number of rotatable bonds is 6. The summed E-state index contributed by atoms with van der Waals surface area (Å²) in [4.78, 5) is 45.7. The number of carbonyl (C=O) groups is 4. The molecule has 27 heavy (non-hydrogen) atoms. The predicted octanol–water partition coefficient (Wildman–Crippen LogP) is -0.545. The fourth-order valence-corrected chi connectivity index (χ4v) is 2.65. The summed E-state index contributed by atoms with van der Waals surface area (Å²) in [6, 6.07) is 0. The average molecular weight is 386 g/mol. The molecule has 1 heterocycles. The number of hydrogen-bond acceptors (Lipinski definition) is 10. The predicted molar refractivity (Wildman–Crippen MR) is 86.6 cm³/mol. The minimum Gasteiger partial charge on any atom is -0.463 e. The third kappa shape index (κ3) is 6.23. The molecule has 0 aromatic carbocycles. The number of hydrogen-bond donors (Lipinski definition) is 1. The quantitative estimate of drug-likeness (QED) is 0.360. The zero-order valence-corrected chi connectivity index (χ0v) is 15.4. The van der Waals surface area contributed by atoms with E-state index in [4.69, 9.17) is 30.1 Å². The molecule has 0 saturated carbocycles. The highest BCUT2D eigenvalue weighted by atomic mass is 16.7. The highest BCUT2D eigenvalue weighted by Crippen LogP contribution is 2.36. The average Bonchev–Trinajstić information content (AvgIpc) is 2.51. The van der Waals surface area contributed by atoms with Crippen LogP contribution in [-0.4, -0.2) is 65.8 Å². The van der Waals surface area contributed by atoms with Gasteiger partial charge in [0, 0.05) is 27.7 Å². The second kappa shape index (κ2) is 9.34. The van der Waals surface area contributed by atoms with E-state index in [0.717, 1.165) is 27.7 Å². The van der Waals surface area contributed by atoms with E-state index < -0.39 is 67.1 Å². The SMILES string of the molecule is C#CC[C@]1(O)O[C@H](COC(C)=O)[C@@H](OC(C)=O)[C@H](OC(C)=O)[C@@H]1OC(C)=O. The van der Waals surface area contributed by atoms with Crippen LogP contribution in [0.2, 0.25) is 0 Å². The monoisotopic (exact) mass is 386 g/mol. The molecule has 0 amide bonds. The van der Waals surface area contributed by atoms with Gasteiger partial charge in [0.05, 0.1) is 6.42 Å². The topological polar surface area (TPSA) is 135 Å². The van der Waals surface area contributed by atoms with Crippen LogP contribution >= 0.6 is 0 Å². The number of terminal acetylenes is 1. The van der Waals surface area contributed by atoms with Crippen molar-refractivity contribution in [2.75, 3.05) is 6.61 Å². The minimum absolute atomic E-state index is 0.440. The maximum atomic E-state index is 11.6. The second-order valence-corrected chi connectivity index (χ2v) is 5.86. The minimum atomic E-state index is -2.28. The van der Waals surface area contributed by atoms with E-state index in [1.54, 1.807) is 0 Å². The number of carbonyl (C=O) groups excluding carboxylic acids is 4. The first-order chi connectivity index (χ1) is 12.5. The highest BCUT2D eigenvalue weighted by Gasteiger charge is 2.59. The summed E-state index contributed by atoms with van der Waals surface area (Å²) in [5, 5.41) is 10.8. The van der Waals surface area contributed by atoms with Gasteiger partial charge in [-0.05, 0) is 0 Å². The first-order valence-electron chi connectivity index (χ1n) is 7.98. The molecule has 1 fully saturated rings. The van der Waals surface area contributed by atoms with Crippen molar-refractivity contribution >= 4 is 23.9 Å². The molecule has 0 unspecified atom stereocenters. The van der Waals surface area contributed by atoms with Crippen LogP contribution in [-0.2, 0) is 42.9 Å². The first-order valence-corrected chi connectivity index (χ1v) is 7.98. The van der Waals surface area contributed by atoms with E-state index in [-0.39, 0.29) is 0 Å². The number of ether oxygens (including phenoxy) is 5. The maximum absolute atomic E-state index is 11.6. The van der Waals surface area contributed by atoms with Crippen LogP contribution in [0.15, 0.2) is 0 Å². The van der Waals surface area contributed by atoms with E-state index in [9.17, 15) is 24.3 Å². The molecule has 0 bridgehead atoms. The van der Waals surface area contributed by atoms with E-state index in [1.165, 1.54) is 0 Å². The van der Waals surface area contributed by atoms with Crippen LogP contribution in [0, 0.1) is 12.3 Å². The Morgan fingerprint density at radius 2 is 1.48 bits per heavy atom. The molecule has 150 valence electrons. The lowest BCUT2D eigenvalue weighted by Gasteiger charge is -2.48. The summed E-state index contributed by atoms with van der Waals surface area (Å²) in [6.07, 6.45) is -0.822. The van der Waals surface area contributed by atoms with Crippen LogP contribution in [0.1, 0.15) is 34.1 Å². The van der Waals surface area contributed by atoms with Gasteiger partial charge in [0.1, 0.15) is 12.7 Å². The Hall–Kier alpha value is -2.64. The Morgan fingerprint density at radius 3 is 1.93 bits per heavy atom. The molecular formula is C17H22O10. The Bertz CT molecular complexity index is 636. The summed E-state index contributed by atoms with van der Waals surface area (Å²) in [6.45, 7) is 3.93. The van der Waals surface area contributed by atoms with Gasteiger partial charge < -0.3 is 28.8 Å². The molecule has 0 aliphatic carbocycles.